The van der Waals surface area contributed by atoms with E-state index >= 15 is 0 Å². The van der Waals surface area contributed by atoms with Crippen LogP contribution in [0.3, 0.4) is 0 Å². The van der Waals surface area contributed by atoms with Crippen molar-refractivity contribution in [2.75, 3.05) is 20.1 Å². The molecule has 0 radical (unpaired) electrons. The van der Waals surface area contributed by atoms with Gasteiger partial charge in [-0.1, -0.05) is 5.11 Å². The lowest BCUT2D eigenvalue weighted by molar-refractivity contribution is 0.285. The summed E-state index contributed by atoms with van der Waals surface area (Å²) in [5, 5.41) is 14.3. The topological polar surface area (TPSA) is 87.1 Å². The summed E-state index contributed by atoms with van der Waals surface area (Å²) in [5.41, 5.74) is 9.42. The summed E-state index contributed by atoms with van der Waals surface area (Å²) in [7, 11) is 1.57. The monoisotopic (exact) mass is 130 g/mol. The van der Waals surface area contributed by atoms with Crippen molar-refractivity contribution in [3.8, 4) is 0 Å². The lowest BCUT2D eigenvalue weighted by atomic mass is 10.6. The number of hydrogen-bond acceptors (Lipinski definition) is 4. The van der Waals surface area contributed by atoms with Crippen LogP contribution in [0.5, 0.6) is 0 Å². The van der Waals surface area contributed by atoms with Gasteiger partial charge in [0, 0.05) is 25.0 Å². The van der Waals surface area contributed by atoms with E-state index < -0.39 is 0 Å². The predicted molar refractivity (Wildman–Crippen MR) is 33.1 cm³/mol. The highest BCUT2D eigenvalue weighted by atomic mass is 16.5. The number of likely N-dealkylation sites (N-methyl/N-ethyl adjacent to an activating group) is 1. The maximum absolute atomic E-state index is 9.77. The quantitative estimate of drug-likeness (QED) is 0.256. The molecule has 0 fully saturated rings. The van der Waals surface area contributed by atoms with E-state index in [0.717, 1.165) is 0 Å². The summed E-state index contributed by atoms with van der Waals surface area (Å²) in [6.07, 6.45) is 0. The average Bonchev–Trinajstić information content (AvgIpc) is 1.89. The molecular formula is C3H8N5O-. The zero-order valence-corrected chi connectivity index (χ0v) is 5.11. The molecule has 0 rings (SSSR count). The first-order valence-corrected chi connectivity index (χ1v) is 2.41. The van der Waals surface area contributed by atoms with Gasteiger partial charge in [-0.25, -0.2) is 0 Å². The van der Waals surface area contributed by atoms with Crippen molar-refractivity contribution in [3.05, 3.63) is 15.7 Å². The van der Waals surface area contributed by atoms with E-state index in [1.807, 2.05) is 0 Å². The predicted octanol–water partition coefficient (Wildman–Crippen LogP) is 0.231. The zero-order valence-electron chi connectivity index (χ0n) is 5.11. The molecule has 0 atom stereocenters. The van der Waals surface area contributed by atoms with Crippen molar-refractivity contribution in [1.82, 2.24) is 10.6 Å². The molecular weight excluding hydrogens is 122 g/mol. The van der Waals surface area contributed by atoms with Crippen molar-refractivity contribution < 1.29 is 0 Å². The van der Waals surface area contributed by atoms with E-state index in [-0.39, 0.29) is 0 Å². The fourth-order valence-electron chi connectivity index (χ4n) is 0.285. The molecule has 0 aromatic rings. The van der Waals surface area contributed by atoms with Crippen LogP contribution < -0.4 is 5.59 Å². The van der Waals surface area contributed by atoms with Gasteiger partial charge >= 0.3 is 0 Å². The van der Waals surface area contributed by atoms with Gasteiger partial charge in [0.2, 0.25) is 0 Å². The Bertz CT molecular complexity index is 109. The van der Waals surface area contributed by atoms with E-state index in [9.17, 15) is 5.21 Å². The Morgan fingerprint density at radius 3 is 3.00 bits per heavy atom. The van der Waals surface area contributed by atoms with E-state index in [1.54, 1.807) is 12.6 Å². The maximum atomic E-state index is 9.77. The molecule has 0 aliphatic rings. The smallest absolute Gasteiger partial charge is 0.0399 e. The van der Waals surface area contributed by atoms with Gasteiger partial charge in [0.25, 0.3) is 0 Å². The second-order valence-electron chi connectivity index (χ2n) is 1.47. The van der Waals surface area contributed by atoms with Crippen LogP contribution in [0.1, 0.15) is 0 Å². The summed E-state index contributed by atoms with van der Waals surface area (Å²) in [6, 6.07) is 0. The Kier molecular flexibility index (Phi) is 4.85. The van der Waals surface area contributed by atoms with Crippen molar-refractivity contribution in [2.24, 2.45) is 5.11 Å². The lowest BCUT2D eigenvalue weighted by Gasteiger charge is -2.19. The minimum Gasteiger partial charge on any atom is -0.774 e. The maximum Gasteiger partial charge on any atom is 0.0399 e. The molecule has 0 bridgehead atoms. The fraction of sp³-hybridized carbons (Fsp3) is 1.00. The standard InChI is InChI=1S/C3H8N5O/c1-8(7-9)3-2-5-6-4/h7H,2-3H2,1H3/q-1. The molecule has 0 aromatic carbocycles. The Hall–Kier alpha value is -0.810. The number of hydrogen-bond donors (Lipinski definition) is 1. The van der Waals surface area contributed by atoms with Crippen molar-refractivity contribution in [3.63, 3.8) is 0 Å². The third kappa shape index (κ3) is 5.05. The third-order valence-corrected chi connectivity index (χ3v) is 0.754. The van der Waals surface area contributed by atoms with Gasteiger partial charge in [0.05, 0.1) is 0 Å². The average molecular weight is 130 g/mol. The molecule has 0 aliphatic heterocycles. The molecule has 0 aliphatic carbocycles. The lowest BCUT2D eigenvalue weighted by Crippen LogP contribution is -2.31. The molecule has 6 nitrogen and oxygen atoms in total. The van der Waals surface area contributed by atoms with Crippen molar-refractivity contribution >= 4 is 0 Å². The van der Waals surface area contributed by atoms with Gasteiger partial charge < -0.3 is 10.8 Å². The molecule has 0 unspecified atom stereocenters. The van der Waals surface area contributed by atoms with Crippen molar-refractivity contribution in [1.29, 1.82) is 0 Å². The fourth-order valence-corrected chi connectivity index (χ4v) is 0.285. The first kappa shape index (κ1) is 8.19. The van der Waals surface area contributed by atoms with Crippen LogP contribution in [0.25, 0.3) is 10.4 Å². The molecule has 0 saturated carbocycles. The Morgan fingerprint density at radius 2 is 2.56 bits per heavy atom. The van der Waals surface area contributed by atoms with Crippen LogP contribution in [-0.4, -0.2) is 25.1 Å². The number of hydrazine groups is 1. The third-order valence-electron chi connectivity index (χ3n) is 0.754. The number of rotatable bonds is 4. The molecule has 52 valence electrons. The summed E-state index contributed by atoms with van der Waals surface area (Å²) >= 11 is 0. The Labute approximate surface area is 52.6 Å². The van der Waals surface area contributed by atoms with E-state index in [0.29, 0.717) is 13.1 Å². The molecule has 6 heteroatoms. The van der Waals surface area contributed by atoms with Crippen LogP contribution in [0.15, 0.2) is 5.11 Å². The molecule has 9 heavy (non-hydrogen) atoms. The van der Waals surface area contributed by atoms with Crippen LogP contribution in [0, 0.1) is 5.21 Å². The molecule has 0 heterocycles. The number of azide groups is 1. The largest absolute Gasteiger partial charge is 0.774 e. The van der Waals surface area contributed by atoms with Crippen LogP contribution >= 0.6 is 0 Å². The highest BCUT2D eigenvalue weighted by molar-refractivity contribution is 4.50. The number of nitrogens with zero attached hydrogens (tertiary/aromatic N) is 4. The highest BCUT2D eigenvalue weighted by Gasteiger charge is 1.85. The second-order valence-corrected chi connectivity index (χ2v) is 1.47. The zero-order chi connectivity index (χ0) is 7.11. The summed E-state index contributed by atoms with van der Waals surface area (Å²) in [5.74, 6) is 0. The van der Waals surface area contributed by atoms with Crippen molar-refractivity contribution in [2.45, 2.75) is 0 Å². The van der Waals surface area contributed by atoms with Crippen LogP contribution in [-0.2, 0) is 0 Å². The highest BCUT2D eigenvalue weighted by Crippen LogP contribution is 1.75. The van der Waals surface area contributed by atoms with Crippen LogP contribution in [0.4, 0.5) is 0 Å². The molecule has 0 aromatic heterocycles. The second kappa shape index (κ2) is 5.33. The van der Waals surface area contributed by atoms with Crippen LogP contribution in [0.2, 0.25) is 0 Å². The molecule has 0 amide bonds. The molecule has 1 N–H and O–H groups in total. The van der Waals surface area contributed by atoms with E-state index in [2.05, 4.69) is 10.0 Å². The first-order valence-electron chi connectivity index (χ1n) is 2.41. The SMILES string of the molecule is CN(CCN=[N+]=[N-])N[O-]. The van der Waals surface area contributed by atoms with Gasteiger partial charge in [-0.2, -0.15) is 0 Å². The first-order chi connectivity index (χ1) is 4.31. The van der Waals surface area contributed by atoms with E-state index in [4.69, 9.17) is 5.53 Å². The summed E-state index contributed by atoms with van der Waals surface area (Å²) in [4.78, 5) is 2.51. The Balaban J connectivity index is 3.16. The summed E-state index contributed by atoms with van der Waals surface area (Å²) in [6.45, 7) is 0.732. The normalized spacial score (nSPS) is 9.22. The minimum atomic E-state index is 0.308. The van der Waals surface area contributed by atoms with Gasteiger partial charge in [0.1, 0.15) is 0 Å². The molecule has 0 saturated heterocycles. The van der Waals surface area contributed by atoms with E-state index in [1.165, 1.54) is 5.01 Å². The van der Waals surface area contributed by atoms with Gasteiger partial charge in [-0.05, 0) is 5.53 Å². The Morgan fingerprint density at radius 1 is 1.89 bits per heavy atom. The minimum absolute atomic E-state index is 0.308. The van der Waals surface area contributed by atoms with Gasteiger partial charge in [-0.3, -0.25) is 5.01 Å². The van der Waals surface area contributed by atoms with Gasteiger partial charge in [-0.15, -0.1) is 0 Å². The summed E-state index contributed by atoms with van der Waals surface area (Å²) < 4.78 is 0. The number of nitrogens with one attached hydrogen (secondary N) is 1. The van der Waals surface area contributed by atoms with Gasteiger partial charge in [0.15, 0.2) is 0 Å². The molecule has 0 spiro atoms.